The molecule has 0 spiro atoms. The molecule has 0 bridgehead atoms. The Morgan fingerprint density at radius 1 is 1.79 bits per heavy atom. The molecule has 0 aliphatic heterocycles. The summed E-state index contributed by atoms with van der Waals surface area (Å²) >= 11 is 0. The summed E-state index contributed by atoms with van der Waals surface area (Å²) in [6, 6.07) is 0. The molecule has 1 aromatic heterocycles. The molecule has 1 aliphatic rings. The van der Waals surface area contributed by atoms with E-state index in [2.05, 4.69) is 9.97 Å². The fraction of sp³-hybridized carbons (Fsp3) is 0.600. The van der Waals surface area contributed by atoms with Crippen molar-refractivity contribution in [2.75, 3.05) is 0 Å². The van der Waals surface area contributed by atoms with Crippen LogP contribution in [0.2, 0.25) is 0 Å². The Morgan fingerprint density at radius 3 is 3.00 bits per heavy atom. The summed E-state index contributed by atoms with van der Waals surface area (Å²) in [6.45, 7) is 3.78. The molecule has 1 unspecified atom stereocenters. The molecule has 0 saturated heterocycles. The lowest BCUT2D eigenvalue weighted by Crippen LogP contribution is -2.38. The van der Waals surface area contributed by atoms with Gasteiger partial charge in [0, 0.05) is 23.7 Å². The second-order valence-corrected chi connectivity index (χ2v) is 4.32. The number of H-pyrrole nitrogens is 1. The van der Waals surface area contributed by atoms with Crippen molar-refractivity contribution in [2.45, 2.75) is 31.7 Å². The van der Waals surface area contributed by atoms with Gasteiger partial charge in [-0.15, -0.1) is 0 Å². The average Bonchev–Trinajstić information content (AvgIpc) is 2.65. The number of aromatic nitrogens is 2. The first-order valence-corrected chi connectivity index (χ1v) is 4.87. The topological polar surface area (TPSA) is 71.8 Å². The highest BCUT2D eigenvalue weighted by atomic mass is 16.1. The van der Waals surface area contributed by atoms with Gasteiger partial charge in [0.25, 0.3) is 0 Å². The minimum atomic E-state index is -0.638. The van der Waals surface area contributed by atoms with Gasteiger partial charge in [-0.2, -0.15) is 0 Å². The summed E-state index contributed by atoms with van der Waals surface area (Å²) in [6.07, 6.45) is 4.10. The molecular weight excluding hydrogens is 178 g/mol. The van der Waals surface area contributed by atoms with Gasteiger partial charge in [0.05, 0.1) is 11.9 Å². The summed E-state index contributed by atoms with van der Waals surface area (Å²) in [5.74, 6) is 0.296. The molecule has 1 saturated carbocycles. The number of ketones is 1. The lowest BCUT2D eigenvalue weighted by atomic mass is 9.98. The van der Waals surface area contributed by atoms with Gasteiger partial charge in [0.15, 0.2) is 5.78 Å². The van der Waals surface area contributed by atoms with E-state index in [1.54, 1.807) is 12.5 Å². The maximum absolute atomic E-state index is 11.8. The van der Waals surface area contributed by atoms with E-state index in [0.29, 0.717) is 0 Å². The van der Waals surface area contributed by atoms with Crippen molar-refractivity contribution in [1.82, 2.24) is 9.97 Å². The van der Waals surface area contributed by atoms with Gasteiger partial charge in [-0.25, -0.2) is 4.98 Å². The molecule has 2 rings (SSSR count). The van der Waals surface area contributed by atoms with Crippen molar-refractivity contribution in [3.8, 4) is 0 Å². The number of nitrogens with one attached hydrogen (secondary N) is 1. The second-order valence-electron chi connectivity index (χ2n) is 4.32. The van der Waals surface area contributed by atoms with Crippen LogP contribution in [0.4, 0.5) is 0 Å². The van der Waals surface area contributed by atoms with Crippen molar-refractivity contribution in [2.24, 2.45) is 11.7 Å². The van der Waals surface area contributed by atoms with E-state index >= 15 is 0 Å². The van der Waals surface area contributed by atoms with Gasteiger partial charge in [-0.1, -0.05) is 13.8 Å². The van der Waals surface area contributed by atoms with E-state index in [1.165, 1.54) is 0 Å². The predicted molar refractivity (Wildman–Crippen MR) is 52.7 cm³/mol. The SMILES string of the molecule is CC(C)C(=O)C1(N)C[C@@H]1c1cnc[nH]1. The molecule has 1 fully saturated rings. The molecule has 1 heterocycles. The number of Topliss-reactive ketones (excluding diaryl/α,β-unsaturated/α-hetero) is 1. The Labute approximate surface area is 82.9 Å². The molecule has 0 aromatic carbocycles. The standard InChI is InChI=1S/C10H15N3O/c1-6(2)9(14)10(11)3-7(10)8-4-12-5-13-8/h4-7H,3,11H2,1-2H3,(H,12,13)/t7-,10?/m1/s1. The third-order valence-electron chi connectivity index (χ3n) is 2.88. The molecule has 3 N–H and O–H groups in total. The van der Waals surface area contributed by atoms with Crippen LogP contribution in [0.3, 0.4) is 0 Å². The van der Waals surface area contributed by atoms with E-state index in [4.69, 9.17) is 5.73 Å². The van der Waals surface area contributed by atoms with Gasteiger partial charge < -0.3 is 10.7 Å². The number of carbonyl (C=O) groups is 1. The van der Waals surface area contributed by atoms with Crippen LogP contribution in [0, 0.1) is 5.92 Å². The van der Waals surface area contributed by atoms with E-state index < -0.39 is 5.54 Å². The van der Waals surface area contributed by atoms with Crippen LogP contribution in [-0.4, -0.2) is 21.3 Å². The summed E-state index contributed by atoms with van der Waals surface area (Å²) in [4.78, 5) is 18.7. The van der Waals surface area contributed by atoms with E-state index in [9.17, 15) is 4.79 Å². The lowest BCUT2D eigenvalue weighted by Gasteiger charge is -2.12. The Bertz CT molecular complexity index is 344. The van der Waals surface area contributed by atoms with E-state index in [1.807, 2.05) is 13.8 Å². The minimum Gasteiger partial charge on any atom is -0.348 e. The molecule has 14 heavy (non-hydrogen) atoms. The minimum absolute atomic E-state index is 0.00733. The van der Waals surface area contributed by atoms with Crippen LogP contribution in [0.1, 0.15) is 31.9 Å². The molecule has 1 aliphatic carbocycles. The number of aromatic amines is 1. The van der Waals surface area contributed by atoms with Crippen molar-refractivity contribution in [3.63, 3.8) is 0 Å². The summed E-state index contributed by atoms with van der Waals surface area (Å²) in [5.41, 5.74) is 6.36. The predicted octanol–water partition coefficient (Wildman–Crippen LogP) is 0.820. The molecular formula is C10H15N3O. The zero-order valence-corrected chi connectivity index (χ0v) is 8.45. The van der Waals surface area contributed by atoms with Crippen LogP contribution in [0.5, 0.6) is 0 Å². The third kappa shape index (κ3) is 1.26. The van der Waals surface area contributed by atoms with Gasteiger partial charge in [0.1, 0.15) is 0 Å². The maximum Gasteiger partial charge on any atom is 0.155 e. The summed E-state index contributed by atoms with van der Waals surface area (Å²) in [5, 5.41) is 0. The Morgan fingerprint density at radius 2 is 2.50 bits per heavy atom. The number of nitrogens with zero attached hydrogens (tertiary/aromatic N) is 1. The van der Waals surface area contributed by atoms with Crippen LogP contribution >= 0.6 is 0 Å². The highest BCUT2D eigenvalue weighted by Crippen LogP contribution is 2.50. The number of imidazole rings is 1. The van der Waals surface area contributed by atoms with Gasteiger partial charge in [-0.3, -0.25) is 4.79 Å². The lowest BCUT2D eigenvalue weighted by molar-refractivity contribution is -0.124. The maximum atomic E-state index is 11.8. The smallest absolute Gasteiger partial charge is 0.155 e. The van der Waals surface area contributed by atoms with E-state index in [-0.39, 0.29) is 17.6 Å². The van der Waals surface area contributed by atoms with Gasteiger partial charge in [-0.05, 0) is 6.42 Å². The van der Waals surface area contributed by atoms with Crippen molar-refractivity contribution in [1.29, 1.82) is 0 Å². The summed E-state index contributed by atoms with van der Waals surface area (Å²) in [7, 11) is 0. The zero-order chi connectivity index (χ0) is 10.3. The van der Waals surface area contributed by atoms with Crippen LogP contribution < -0.4 is 5.73 Å². The van der Waals surface area contributed by atoms with E-state index in [0.717, 1.165) is 12.1 Å². The second kappa shape index (κ2) is 2.92. The van der Waals surface area contributed by atoms with Gasteiger partial charge >= 0.3 is 0 Å². The molecule has 76 valence electrons. The van der Waals surface area contributed by atoms with Gasteiger partial charge in [0.2, 0.25) is 0 Å². The fourth-order valence-electron chi connectivity index (χ4n) is 1.93. The molecule has 4 heteroatoms. The number of hydrogen-bond donors (Lipinski definition) is 2. The summed E-state index contributed by atoms with van der Waals surface area (Å²) < 4.78 is 0. The monoisotopic (exact) mass is 193 g/mol. The third-order valence-corrected chi connectivity index (χ3v) is 2.88. The van der Waals surface area contributed by atoms with Crippen LogP contribution in [0.15, 0.2) is 12.5 Å². The normalized spacial score (nSPS) is 30.7. The number of carbonyl (C=O) groups excluding carboxylic acids is 1. The van der Waals surface area contributed by atoms with Crippen molar-refractivity contribution in [3.05, 3.63) is 18.2 Å². The molecule has 1 aromatic rings. The molecule has 0 amide bonds. The first-order chi connectivity index (χ1) is 6.55. The number of nitrogens with two attached hydrogens (primary N) is 1. The highest BCUT2D eigenvalue weighted by molar-refractivity contribution is 5.94. The molecule has 2 atom stereocenters. The van der Waals surface area contributed by atoms with Crippen LogP contribution in [-0.2, 0) is 4.79 Å². The number of rotatable bonds is 3. The molecule has 4 nitrogen and oxygen atoms in total. The quantitative estimate of drug-likeness (QED) is 0.746. The Hall–Kier alpha value is -1.16. The average molecular weight is 193 g/mol. The Kier molecular flexibility index (Phi) is 1.96. The number of hydrogen-bond acceptors (Lipinski definition) is 3. The highest BCUT2D eigenvalue weighted by Gasteiger charge is 2.58. The fourth-order valence-corrected chi connectivity index (χ4v) is 1.93. The first kappa shape index (κ1) is 9.40. The largest absolute Gasteiger partial charge is 0.348 e. The zero-order valence-electron chi connectivity index (χ0n) is 8.45. The van der Waals surface area contributed by atoms with Crippen LogP contribution in [0.25, 0.3) is 0 Å². The first-order valence-electron chi connectivity index (χ1n) is 4.87. The molecule has 0 radical (unpaired) electrons. The van der Waals surface area contributed by atoms with Crippen molar-refractivity contribution >= 4 is 5.78 Å². The van der Waals surface area contributed by atoms with Crippen molar-refractivity contribution < 1.29 is 4.79 Å². The Balaban J connectivity index is 2.14.